The van der Waals surface area contributed by atoms with Gasteiger partial charge in [0, 0.05) is 20.2 Å². The minimum atomic E-state index is -0.206. The van der Waals surface area contributed by atoms with Crippen LogP contribution in [0, 0.1) is 0 Å². The molecule has 0 fully saturated rings. The molecule has 1 amide bonds. The lowest BCUT2D eigenvalue weighted by atomic mass is 10.1. The summed E-state index contributed by atoms with van der Waals surface area (Å²) in [6.45, 7) is 7.65. The molecule has 0 atom stereocenters. The summed E-state index contributed by atoms with van der Waals surface area (Å²) in [5.41, 5.74) is -0.206. The third-order valence-electron chi connectivity index (χ3n) is 1.65. The summed E-state index contributed by atoms with van der Waals surface area (Å²) < 4.78 is 5.45. The molecular formula is C9H20N2O2. The Balaban J connectivity index is 3.56. The second-order valence-electron chi connectivity index (χ2n) is 3.47. The van der Waals surface area contributed by atoms with E-state index in [-0.39, 0.29) is 11.5 Å². The van der Waals surface area contributed by atoms with Crippen LogP contribution < -0.4 is 10.6 Å². The van der Waals surface area contributed by atoms with Crippen molar-refractivity contribution in [2.45, 2.75) is 26.4 Å². The van der Waals surface area contributed by atoms with Gasteiger partial charge in [-0.1, -0.05) is 0 Å². The molecule has 4 nitrogen and oxygen atoms in total. The smallest absolute Gasteiger partial charge is 0.233 e. The minimum Gasteiger partial charge on any atom is -0.375 e. The van der Waals surface area contributed by atoms with Crippen LogP contribution in [0.4, 0.5) is 0 Å². The maximum Gasteiger partial charge on any atom is 0.233 e. The number of amides is 1. The van der Waals surface area contributed by atoms with Gasteiger partial charge < -0.3 is 15.4 Å². The number of nitrogens with one attached hydrogen (secondary N) is 2. The average molecular weight is 188 g/mol. The molecule has 0 aliphatic carbocycles. The summed E-state index contributed by atoms with van der Waals surface area (Å²) in [6, 6.07) is 0. The quantitative estimate of drug-likeness (QED) is 0.623. The number of ether oxygens (including phenoxy) is 1. The fraction of sp³-hybridized carbons (Fsp3) is 0.889. The van der Waals surface area contributed by atoms with Gasteiger partial charge in [0.15, 0.2) is 0 Å². The Hall–Kier alpha value is -0.610. The molecule has 0 spiro atoms. The van der Waals surface area contributed by atoms with Crippen LogP contribution in [0.5, 0.6) is 0 Å². The molecule has 0 radical (unpaired) electrons. The van der Waals surface area contributed by atoms with Gasteiger partial charge in [0.1, 0.15) is 0 Å². The second kappa shape index (κ2) is 5.94. The van der Waals surface area contributed by atoms with E-state index in [2.05, 4.69) is 10.6 Å². The lowest BCUT2D eigenvalue weighted by Crippen LogP contribution is -2.41. The molecule has 0 saturated carbocycles. The van der Waals surface area contributed by atoms with Gasteiger partial charge in [-0.3, -0.25) is 4.79 Å². The van der Waals surface area contributed by atoms with Gasteiger partial charge in [-0.05, 0) is 20.8 Å². The SMILES string of the molecule is CCOC(C)(C)CNCC(=O)NC. The van der Waals surface area contributed by atoms with E-state index in [4.69, 9.17) is 4.74 Å². The van der Waals surface area contributed by atoms with Crippen molar-refractivity contribution in [2.24, 2.45) is 0 Å². The number of hydrogen-bond donors (Lipinski definition) is 2. The molecule has 0 rings (SSSR count). The van der Waals surface area contributed by atoms with Crippen LogP contribution in [0.25, 0.3) is 0 Å². The molecule has 0 saturated heterocycles. The van der Waals surface area contributed by atoms with Gasteiger partial charge in [-0.25, -0.2) is 0 Å². The molecule has 0 bridgehead atoms. The van der Waals surface area contributed by atoms with Crippen LogP contribution in [-0.2, 0) is 9.53 Å². The van der Waals surface area contributed by atoms with E-state index in [0.29, 0.717) is 19.7 Å². The molecule has 0 aliphatic rings. The monoisotopic (exact) mass is 188 g/mol. The van der Waals surface area contributed by atoms with Crippen molar-refractivity contribution in [2.75, 3.05) is 26.7 Å². The molecule has 0 aromatic rings. The average Bonchev–Trinajstić information content (AvgIpc) is 2.03. The molecule has 4 heteroatoms. The fourth-order valence-electron chi connectivity index (χ4n) is 1.01. The van der Waals surface area contributed by atoms with Gasteiger partial charge in [-0.2, -0.15) is 0 Å². The predicted molar refractivity (Wildman–Crippen MR) is 52.6 cm³/mol. The van der Waals surface area contributed by atoms with Gasteiger partial charge in [-0.15, -0.1) is 0 Å². The Kier molecular flexibility index (Phi) is 5.66. The highest BCUT2D eigenvalue weighted by atomic mass is 16.5. The lowest BCUT2D eigenvalue weighted by molar-refractivity contribution is -0.119. The molecule has 78 valence electrons. The van der Waals surface area contributed by atoms with Crippen LogP contribution in [0.2, 0.25) is 0 Å². The third kappa shape index (κ3) is 6.54. The van der Waals surface area contributed by atoms with Gasteiger partial charge in [0.25, 0.3) is 0 Å². The van der Waals surface area contributed by atoms with Gasteiger partial charge in [0.05, 0.1) is 12.1 Å². The summed E-state index contributed by atoms with van der Waals surface area (Å²) in [5, 5.41) is 5.57. The number of carbonyl (C=O) groups excluding carboxylic acids is 1. The van der Waals surface area contributed by atoms with E-state index >= 15 is 0 Å². The van der Waals surface area contributed by atoms with E-state index in [1.807, 2.05) is 20.8 Å². The largest absolute Gasteiger partial charge is 0.375 e. The molecular weight excluding hydrogens is 168 g/mol. The van der Waals surface area contributed by atoms with E-state index in [0.717, 1.165) is 0 Å². The number of likely N-dealkylation sites (N-methyl/N-ethyl adjacent to an activating group) is 1. The molecule has 0 aromatic heterocycles. The van der Waals surface area contributed by atoms with Crippen molar-refractivity contribution < 1.29 is 9.53 Å². The van der Waals surface area contributed by atoms with E-state index in [1.165, 1.54) is 0 Å². The molecule has 0 aromatic carbocycles. The highest BCUT2D eigenvalue weighted by Gasteiger charge is 2.16. The number of rotatable bonds is 6. The van der Waals surface area contributed by atoms with Crippen molar-refractivity contribution in [3.63, 3.8) is 0 Å². The summed E-state index contributed by atoms with van der Waals surface area (Å²) in [4.78, 5) is 10.8. The van der Waals surface area contributed by atoms with E-state index in [9.17, 15) is 4.79 Å². The maximum atomic E-state index is 10.8. The van der Waals surface area contributed by atoms with Crippen molar-refractivity contribution >= 4 is 5.91 Å². The molecule has 0 aliphatic heterocycles. The lowest BCUT2D eigenvalue weighted by Gasteiger charge is -2.24. The zero-order chi connectivity index (χ0) is 10.3. The maximum absolute atomic E-state index is 10.8. The summed E-state index contributed by atoms with van der Waals surface area (Å²) >= 11 is 0. The summed E-state index contributed by atoms with van der Waals surface area (Å²) in [7, 11) is 1.62. The van der Waals surface area contributed by atoms with Gasteiger partial charge in [0.2, 0.25) is 5.91 Å². The second-order valence-corrected chi connectivity index (χ2v) is 3.47. The fourth-order valence-corrected chi connectivity index (χ4v) is 1.01. The van der Waals surface area contributed by atoms with Crippen LogP contribution in [0.15, 0.2) is 0 Å². The number of carbonyl (C=O) groups is 1. The normalized spacial score (nSPS) is 11.4. The van der Waals surface area contributed by atoms with Crippen molar-refractivity contribution in [3.05, 3.63) is 0 Å². The van der Waals surface area contributed by atoms with E-state index in [1.54, 1.807) is 7.05 Å². The minimum absolute atomic E-state index is 0.00713. The van der Waals surface area contributed by atoms with Crippen LogP contribution in [0.3, 0.4) is 0 Å². The Morgan fingerprint density at radius 2 is 2.08 bits per heavy atom. The van der Waals surface area contributed by atoms with Crippen molar-refractivity contribution in [1.29, 1.82) is 0 Å². The number of hydrogen-bond acceptors (Lipinski definition) is 3. The topological polar surface area (TPSA) is 50.4 Å². The summed E-state index contributed by atoms with van der Waals surface area (Å²) in [6.07, 6.45) is 0. The summed E-state index contributed by atoms with van der Waals surface area (Å²) in [5.74, 6) is -0.00713. The molecule has 13 heavy (non-hydrogen) atoms. The molecule has 2 N–H and O–H groups in total. The molecule has 0 unspecified atom stereocenters. The Bertz CT molecular complexity index is 158. The van der Waals surface area contributed by atoms with E-state index < -0.39 is 0 Å². The van der Waals surface area contributed by atoms with Crippen LogP contribution in [0.1, 0.15) is 20.8 Å². The third-order valence-corrected chi connectivity index (χ3v) is 1.65. The van der Waals surface area contributed by atoms with Crippen molar-refractivity contribution in [1.82, 2.24) is 10.6 Å². The van der Waals surface area contributed by atoms with Crippen molar-refractivity contribution in [3.8, 4) is 0 Å². The first-order valence-electron chi connectivity index (χ1n) is 4.57. The first-order valence-corrected chi connectivity index (χ1v) is 4.57. The standard InChI is InChI=1S/C9H20N2O2/c1-5-13-9(2,3)7-11-6-8(12)10-4/h11H,5-7H2,1-4H3,(H,10,12). The Labute approximate surface area is 80.0 Å². The Morgan fingerprint density at radius 3 is 2.54 bits per heavy atom. The highest BCUT2D eigenvalue weighted by molar-refractivity contribution is 5.77. The zero-order valence-electron chi connectivity index (χ0n) is 8.94. The van der Waals surface area contributed by atoms with Gasteiger partial charge >= 0.3 is 0 Å². The zero-order valence-corrected chi connectivity index (χ0v) is 8.94. The van der Waals surface area contributed by atoms with Crippen LogP contribution >= 0.6 is 0 Å². The first-order chi connectivity index (χ1) is 6.02. The predicted octanol–water partition coefficient (Wildman–Crippen LogP) is 0.137. The first kappa shape index (κ1) is 12.4. The highest BCUT2D eigenvalue weighted by Crippen LogP contribution is 2.06. The Morgan fingerprint density at radius 1 is 1.46 bits per heavy atom. The van der Waals surface area contributed by atoms with Crippen LogP contribution in [-0.4, -0.2) is 38.3 Å². The molecule has 0 heterocycles.